The van der Waals surface area contributed by atoms with E-state index in [1.165, 1.54) is 6.42 Å². The number of hydrogen-bond donors (Lipinski definition) is 1. The van der Waals surface area contributed by atoms with Crippen LogP contribution >= 0.6 is 23.1 Å². The molecular weight excluding hydrogens is 226 g/mol. The predicted molar refractivity (Wildman–Crippen MR) is 67.5 cm³/mol. The molecule has 82 valence electrons. The average Bonchev–Trinajstić information content (AvgIpc) is 2.65. The quantitative estimate of drug-likeness (QED) is 0.864. The molecule has 1 aliphatic heterocycles. The lowest BCUT2D eigenvalue weighted by molar-refractivity contribution is 0.446. The van der Waals surface area contributed by atoms with Crippen LogP contribution in [0, 0.1) is 0 Å². The Kier molecular flexibility index (Phi) is 3.31. The Morgan fingerprint density at radius 1 is 1.60 bits per heavy atom. The van der Waals surface area contributed by atoms with Gasteiger partial charge in [-0.25, -0.2) is 4.98 Å². The van der Waals surface area contributed by atoms with Gasteiger partial charge in [-0.15, -0.1) is 11.3 Å². The van der Waals surface area contributed by atoms with Gasteiger partial charge < -0.3 is 5.32 Å². The molecule has 1 aromatic rings. The molecule has 0 aliphatic carbocycles. The molecule has 0 saturated carbocycles. The second kappa shape index (κ2) is 4.53. The first kappa shape index (κ1) is 11.0. The summed E-state index contributed by atoms with van der Waals surface area (Å²) in [6, 6.07) is 0. The van der Waals surface area contributed by atoms with Crippen molar-refractivity contribution in [1.82, 2.24) is 10.3 Å². The summed E-state index contributed by atoms with van der Waals surface area (Å²) in [6.07, 6.45) is 3.01. The SMILES string of the molecule is CC1(C)CCSC(=NCc2nccs2)N1. The molecule has 1 saturated heterocycles. The highest BCUT2D eigenvalue weighted by Crippen LogP contribution is 2.21. The van der Waals surface area contributed by atoms with Gasteiger partial charge in [0.1, 0.15) is 5.01 Å². The lowest BCUT2D eigenvalue weighted by atomic mass is 10.0. The van der Waals surface area contributed by atoms with E-state index in [1.54, 1.807) is 23.1 Å². The van der Waals surface area contributed by atoms with Crippen LogP contribution in [-0.4, -0.2) is 21.4 Å². The van der Waals surface area contributed by atoms with Crippen LogP contribution < -0.4 is 5.32 Å². The number of nitrogens with zero attached hydrogens (tertiary/aromatic N) is 2. The first-order valence-corrected chi connectivity index (χ1v) is 6.86. The van der Waals surface area contributed by atoms with E-state index >= 15 is 0 Å². The topological polar surface area (TPSA) is 37.3 Å². The summed E-state index contributed by atoms with van der Waals surface area (Å²) in [5, 5.41) is 7.57. The summed E-state index contributed by atoms with van der Waals surface area (Å²) < 4.78 is 0. The van der Waals surface area contributed by atoms with Gasteiger partial charge in [-0.2, -0.15) is 0 Å². The number of hydrogen-bond acceptors (Lipinski definition) is 4. The maximum Gasteiger partial charge on any atom is 0.157 e. The predicted octanol–water partition coefficient (Wildman–Crippen LogP) is 2.50. The van der Waals surface area contributed by atoms with Crippen molar-refractivity contribution in [2.24, 2.45) is 4.99 Å². The first-order valence-electron chi connectivity index (χ1n) is 4.99. The third-order valence-corrected chi connectivity index (χ3v) is 3.93. The molecule has 3 nitrogen and oxygen atoms in total. The molecule has 0 aromatic carbocycles. The fourth-order valence-corrected chi connectivity index (χ4v) is 3.20. The van der Waals surface area contributed by atoms with Crippen molar-refractivity contribution in [2.75, 3.05) is 5.75 Å². The summed E-state index contributed by atoms with van der Waals surface area (Å²) in [5.41, 5.74) is 0.187. The highest BCUT2D eigenvalue weighted by molar-refractivity contribution is 8.13. The van der Waals surface area contributed by atoms with E-state index in [1.807, 2.05) is 11.6 Å². The van der Waals surface area contributed by atoms with E-state index in [0.29, 0.717) is 6.54 Å². The number of nitrogens with one attached hydrogen (secondary N) is 1. The van der Waals surface area contributed by atoms with Crippen molar-refractivity contribution >= 4 is 28.3 Å². The van der Waals surface area contributed by atoms with Gasteiger partial charge in [-0.3, -0.25) is 4.99 Å². The van der Waals surface area contributed by atoms with Crippen LogP contribution in [0.4, 0.5) is 0 Å². The second-order valence-electron chi connectivity index (χ2n) is 4.15. The van der Waals surface area contributed by atoms with Gasteiger partial charge >= 0.3 is 0 Å². The van der Waals surface area contributed by atoms with Gasteiger partial charge in [0.15, 0.2) is 5.17 Å². The zero-order valence-corrected chi connectivity index (χ0v) is 10.6. The molecule has 0 amide bonds. The average molecular weight is 241 g/mol. The van der Waals surface area contributed by atoms with Crippen molar-refractivity contribution in [2.45, 2.75) is 32.4 Å². The number of thiazole rings is 1. The molecule has 5 heteroatoms. The molecule has 0 unspecified atom stereocenters. The normalized spacial score (nSPS) is 22.7. The Morgan fingerprint density at radius 3 is 3.13 bits per heavy atom. The van der Waals surface area contributed by atoms with E-state index in [2.05, 4.69) is 29.1 Å². The number of aliphatic imine (C=N–C) groups is 1. The lowest BCUT2D eigenvalue weighted by Crippen LogP contribution is -2.46. The molecule has 1 fully saturated rings. The van der Waals surface area contributed by atoms with E-state index in [4.69, 9.17) is 0 Å². The zero-order valence-electron chi connectivity index (χ0n) is 8.99. The molecule has 1 aliphatic rings. The molecule has 0 radical (unpaired) electrons. The van der Waals surface area contributed by atoms with E-state index in [9.17, 15) is 0 Å². The van der Waals surface area contributed by atoms with Crippen molar-refractivity contribution in [3.63, 3.8) is 0 Å². The zero-order chi connectivity index (χ0) is 10.7. The van der Waals surface area contributed by atoms with Gasteiger partial charge in [-0.05, 0) is 20.3 Å². The molecule has 1 aromatic heterocycles. The van der Waals surface area contributed by atoms with Gasteiger partial charge in [0.25, 0.3) is 0 Å². The molecule has 0 atom stereocenters. The third-order valence-electron chi connectivity index (χ3n) is 2.25. The minimum Gasteiger partial charge on any atom is -0.360 e. The van der Waals surface area contributed by atoms with Crippen molar-refractivity contribution in [1.29, 1.82) is 0 Å². The van der Waals surface area contributed by atoms with Crippen LogP contribution in [0.5, 0.6) is 0 Å². The summed E-state index contributed by atoms with van der Waals surface area (Å²) in [7, 11) is 0. The Hall–Kier alpha value is -0.550. The summed E-state index contributed by atoms with van der Waals surface area (Å²) in [6.45, 7) is 5.13. The largest absolute Gasteiger partial charge is 0.360 e. The summed E-state index contributed by atoms with van der Waals surface area (Å²) in [4.78, 5) is 8.75. The van der Waals surface area contributed by atoms with Crippen LogP contribution in [0.15, 0.2) is 16.6 Å². The first-order chi connectivity index (χ1) is 7.16. The maximum atomic E-state index is 4.54. The monoisotopic (exact) mass is 241 g/mol. The maximum absolute atomic E-state index is 4.54. The van der Waals surface area contributed by atoms with E-state index < -0.39 is 0 Å². The van der Waals surface area contributed by atoms with Gasteiger partial charge in [0, 0.05) is 22.9 Å². The van der Waals surface area contributed by atoms with Crippen molar-refractivity contribution < 1.29 is 0 Å². The van der Waals surface area contributed by atoms with Crippen LogP contribution in [0.1, 0.15) is 25.3 Å². The molecule has 15 heavy (non-hydrogen) atoms. The molecule has 2 rings (SSSR count). The number of amidine groups is 1. The Morgan fingerprint density at radius 2 is 2.47 bits per heavy atom. The standard InChI is InChI=1S/C10H15N3S2/c1-10(2)3-5-15-9(13-10)12-7-8-11-4-6-14-8/h4,6H,3,5,7H2,1-2H3,(H,12,13). The lowest BCUT2D eigenvalue weighted by Gasteiger charge is -2.32. The molecule has 2 heterocycles. The smallest absolute Gasteiger partial charge is 0.157 e. The molecule has 1 N–H and O–H groups in total. The summed E-state index contributed by atoms with van der Waals surface area (Å²) >= 11 is 3.46. The van der Waals surface area contributed by atoms with Gasteiger partial charge in [0.05, 0.1) is 6.54 Å². The van der Waals surface area contributed by atoms with Crippen LogP contribution in [0.2, 0.25) is 0 Å². The summed E-state index contributed by atoms with van der Waals surface area (Å²) in [5.74, 6) is 1.15. The second-order valence-corrected chi connectivity index (χ2v) is 6.22. The highest BCUT2D eigenvalue weighted by atomic mass is 32.2. The van der Waals surface area contributed by atoms with Gasteiger partial charge in [0.2, 0.25) is 0 Å². The Labute approximate surface area is 98.4 Å². The van der Waals surface area contributed by atoms with E-state index in [0.717, 1.165) is 15.9 Å². The van der Waals surface area contributed by atoms with Crippen molar-refractivity contribution in [3.8, 4) is 0 Å². The minimum atomic E-state index is 0.187. The van der Waals surface area contributed by atoms with Crippen LogP contribution in [0.3, 0.4) is 0 Å². The number of rotatable bonds is 2. The Balaban J connectivity index is 1.95. The fraction of sp³-hybridized carbons (Fsp3) is 0.600. The highest BCUT2D eigenvalue weighted by Gasteiger charge is 2.23. The Bertz CT molecular complexity index is 344. The third kappa shape index (κ3) is 3.21. The molecule has 0 spiro atoms. The van der Waals surface area contributed by atoms with Gasteiger partial charge in [-0.1, -0.05) is 11.8 Å². The fourth-order valence-electron chi connectivity index (χ4n) is 1.35. The molecule has 0 bridgehead atoms. The number of thioether (sulfide) groups is 1. The van der Waals surface area contributed by atoms with Crippen molar-refractivity contribution in [3.05, 3.63) is 16.6 Å². The van der Waals surface area contributed by atoms with Crippen LogP contribution in [0.25, 0.3) is 0 Å². The number of aromatic nitrogens is 1. The minimum absolute atomic E-state index is 0.187. The van der Waals surface area contributed by atoms with Crippen LogP contribution in [-0.2, 0) is 6.54 Å². The van der Waals surface area contributed by atoms with E-state index in [-0.39, 0.29) is 5.54 Å². The molecular formula is C10H15N3S2.